The molecule has 3 rings (SSSR count). The Morgan fingerprint density at radius 2 is 1.81 bits per heavy atom. The molecule has 0 bridgehead atoms. The van der Waals surface area contributed by atoms with Gasteiger partial charge in [-0.1, -0.05) is 0 Å². The number of likely N-dealkylation sites (tertiary alicyclic amines) is 1. The molecule has 0 aliphatic carbocycles. The van der Waals surface area contributed by atoms with Crippen molar-refractivity contribution in [1.29, 1.82) is 0 Å². The highest BCUT2D eigenvalue weighted by Gasteiger charge is 2.31. The lowest BCUT2D eigenvalue weighted by Crippen LogP contribution is -2.39. The second-order valence-electron chi connectivity index (χ2n) is 5.19. The van der Waals surface area contributed by atoms with Crippen LogP contribution in [0.3, 0.4) is 0 Å². The minimum absolute atomic E-state index is 0.0198. The minimum atomic E-state index is -0.629. The summed E-state index contributed by atoms with van der Waals surface area (Å²) in [7, 11) is 0. The van der Waals surface area contributed by atoms with E-state index >= 15 is 0 Å². The topological polar surface area (TPSA) is 85.2 Å². The highest BCUT2D eigenvalue weighted by Crippen LogP contribution is 2.21. The number of amides is 1. The lowest BCUT2D eigenvalue weighted by molar-refractivity contribution is 0.0789. The molecule has 4 N–H and O–H groups in total. The lowest BCUT2D eigenvalue weighted by Gasteiger charge is -2.15. The Morgan fingerprint density at radius 3 is 2.48 bits per heavy atom. The Morgan fingerprint density at radius 1 is 1.19 bits per heavy atom. The third kappa shape index (κ3) is 2.34. The van der Waals surface area contributed by atoms with Crippen molar-refractivity contribution in [2.45, 2.75) is 12.1 Å². The fourth-order valence-electron chi connectivity index (χ4n) is 2.47. The molecule has 1 aliphatic heterocycles. The summed E-state index contributed by atoms with van der Waals surface area (Å²) in [4.78, 5) is 17.7. The second-order valence-corrected chi connectivity index (χ2v) is 5.19. The van der Waals surface area contributed by atoms with Gasteiger partial charge in [0.1, 0.15) is 17.2 Å². The zero-order valence-corrected chi connectivity index (χ0v) is 11.1. The molecule has 1 aromatic carbocycles. The highest BCUT2D eigenvalue weighted by molar-refractivity contribution is 5.97. The summed E-state index contributed by atoms with van der Waals surface area (Å²) in [5.74, 6) is -1.59. The van der Waals surface area contributed by atoms with Gasteiger partial charge in [0.15, 0.2) is 0 Å². The number of nitrogens with zero attached hydrogens (tertiary/aromatic N) is 2. The maximum atomic E-state index is 13.7. The molecule has 0 spiro atoms. The molecule has 5 nitrogen and oxygen atoms in total. The quantitative estimate of drug-likeness (QED) is 0.807. The standard InChI is InChI=1S/C14H14F2N4O/c15-9-1-2-10(16)13-8(9)3-7(4-19-13)14(21)20-5-11(17)12(18)6-20/h1-4,11-12H,5-6,17-18H2/t11-,12-/m1/s1. The summed E-state index contributed by atoms with van der Waals surface area (Å²) in [5, 5.41) is -0.0198. The van der Waals surface area contributed by atoms with Gasteiger partial charge >= 0.3 is 0 Å². The molecule has 21 heavy (non-hydrogen) atoms. The van der Waals surface area contributed by atoms with Crippen LogP contribution in [-0.4, -0.2) is 41.0 Å². The highest BCUT2D eigenvalue weighted by atomic mass is 19.1. The van der Waals surface area contributed by atoms with Crippen LogP contribution in [-0.2, 0) is 0 Å². The number of halogens is 2. The van der Waals surface area contributed by atoms with Crippen molar-refractivity contribution < 1.29 is 13.6 Å². The summed E-state index contributed by atoms with van der Waals surface area (Å²) >= 11 is 0. The first-order valence-corrected chi connectivity index (χ1v) is 6.51. The van der Waals surface area contributed by atoms with E-state index in [1.54, 1.807) is 0 Å². The van der Waals surface area contributed by atoms with Gasteiger partial charge in [-0.25, -0.2) is 8.78 Å². The van der Waals surface area contributed by atoms with Crippen LogP contribution >= 0.6 is 0 Å². The first-order chi connectivity index (χ1) is 9.97. The summed E-state index contributed by atoms with van der Waals surface area (Å²) < 4.78 is 27.3. The smallest absolute Gasteiger partial charge is 0.255 e. The molecule has 2 aromatic rings. The van der Waals surface area contributed by atoms with Gasteiger partial charge in [-0.05, 0) is 18.2 Å². The molecule has 2 atom stereocenters. The third-order valence-electron chi connectivity index (χ3n) is 3.69. The Balaban J connectivity index is 1.98. The van der Waals surface area contributed by atoms with Crippen LogP contribution in [0.15, 0.2) is 24.4 Å². The van der Waals surface area contributed by atoms with Crippen LogP contribution in [0.5, 0.6) is 0 Å². The van der Waals surface area contributed by atoms with Crippen molar-refractivity contribution in [1.82, 2.24) is 9.88 Å². The van der Waals surface area contributed by atoms with Gasteiger partial charge in [-0.3, -0.25) is 9.78 Å². The normalized spacial score (nSPS) is 22.0. The summed E-state index contributed by atoms with van der Waals surface area (Å²) in [6.45, 7) is 0.674. The monoisotopic (exact) mass is 292 g/mol. The fraction of sp³-hybridized carbons (Fsp3) is 0.286. The number of pyridine rings is 1. The van der Waals surface area contributed by atoms with Crippen LogP contribution in [0.25, 0.3) is 10.9 Å². The van der Waals surface area contributed by atoms with Crippen LogP contribution in [0.1, 0.15) is 10.4 Å². The first kappa shape index (κ1) is 13.8. The second kappa shape index (κ2) is 5.01. The van der Waals surface area contributed by atoms with Crippen LogP contribution in [0.2, 0.25) is 0 Å². The number of hydrogen-bond donors (Lipinski definition) is 2. The molecule has 110 valence electrons. The lowest BCUT2D eigenvalue weighted by atomic mass is 10.1. The predicted octanol–water partition coefficient (Wildman–Crippen LogP) is 0.623. The van der Waals surface area contributed by atoms with E-state index in [1.807, 2.05) is 0 Å². The van der Waals surface area contributed by atoms with Gasteiger partial charge in [-0.15, -0.1) is 0 Å². The Hall–Kier alpha value is -2.12. The largest absolute Gasteiger partial charge is 0.335 e. The Kier molecular flexibility index (Phi) is 3.30. The maximum Gasteiger partial charge on any atom is 0.255 e. The third-order valence-corrected chi connectivity index (χ3v) is 3.69. The van der Waals surface area contributed by atoms with Crippen molar-refractivity contribution in [3.63, 3.8) is 0 Å². The molecule has 1 aromatic heterocycles. The zero-order valence-electron chi connectivity index (χ0n) is 11.1. The van der Waals surface area contributed by atoms with Gasteiger partial charge in [0.05, 0.1) is 5.56 Å². The Bertz CT molecular complexity index is 711. The average molecular weight is 292 g/mol. The molecule has 2 heterocycles. The summed E-state index contributed by atoms with van der Waals surface area (Å²) in [6, 6.07) is 2.76. The van der Waals surface area contributed by atoms with E-state index < -0.39 is 11.6 Å². The van der Waals surface area contributed by atoms with Crippen LogP contribution < -0.4 is 11.5 Å². The van der Waals surface area contributed by atoms with Crippen molar-refractivity contribution in [3.8, 4) is 0 Å². The van der Waals surface area contributed by atoms with E-state index in [2.05, 4.69) is 4.98 Å². The van der Waals surface area contributed by atoms with Gasteiger partial charge in [0.2, 0.25) is 0 Å². The number of carbonyl (C=O) groups is 1. The zero-order chi connectivity index (χ0) is 15.1. The molecule has 1 aliphatic rings. The molecule has 0 radical (unpaired) electrons. The number of carbonyl (C=O) groups excluding carboxylic acids is 1. The van der Waals surface area contributed by atoms with Crippen LogP contribution in [0.4, 0.5) is 8.78 Å². The van der Waals surface area contributed by atoms with E-state index in [1.165, 1.54) is 17.2 Å². The number of rotatable bonds is 1. The summed E-state index contributed by atoms with van der Waals surface area (Å²) in [6.07, 6.45) is 1.24. The van der Waals surface area contributed by atoms with E-state index in [9.17, 15) is 13.6 Å². The Labute approximate surface area is 119 Å². The number of nitrogens with two attached hydrogens (primary N) is 2. The molecule has 0 unspecified atom stereocenters. The van der Waals surface area contributed by atoms with Gasteiger partial charge in [0, 0.05) is 36.8 Å². The van der Waals surface area contributed by atoms with Crippen LogP contribution in [0, 0.1) is 11.6 Å². The maximum absolute atomic E-state index is 13.7. The first-order valence-electron chi connectivity index (χ1n) is 6.51. The van der Waals surface area contributed by atoms with E-state index in [0.29, 0.717) is 13.1 Å². The van der Waals surface area contributed by atoms with E-state index in [0.717, 1.165) is 12.1 Å². The van der Waals surface area contributed by atoms with Gasteiger partial charge < -0.3 is 16.4 Å². The van der Waals surface area contributed by atoms with Crippen molar-refractivity contribution in [3.05, 3.63) is 41.6 Å². The molecule has 1 fully saturated rings. The van der Waals surface area contributed by atoms with Gasteiger partial charge in [-0.2, -0.15) is 0 Å². The molecular formula is C14H14F2N4O. The SMILES string of the molecule is N[C@@H]1CN(C(=O)c2cnc3c(F)ccc(F)c3c2)C[C@H]1N. The number of aromatic nitrogens is 1. The molecule has 7 heteroatoms. The van der Waals surface area contributed by atoms with Crippen molar-refractivity contribution in [2.75, 3.05) is 13.1 Å². The predicted molar refractivity (Wildman–Crippen MR) is 73.5 cm³/mol. The molecule has 0 saturated carbocycles. The van der Waals surface area contributed by atoms with Crippen molar-refractivity contribution in [2.24, 2.45) is 11.5 Å². The molecular weight excluding hydrogens is 278 g/mol. The molecule has 1 amide bonds. The fourth-order valence-corrected chi connectivity index (χ4v) is 2.47. The number of hydrogen-bond acceptors (Lipinski definition) is 4. The van der Waals surface area contributed by atoms with Crippen molar-refractivity contribution >= 4 is 16.8 Å². The molecule has 1 saturated heterocycles. The van der Waals surface area contributed by atoms with E-state index in [-0.39, 0.29) is 34.5 Å². The average Bonchev–Trinajstić information content (AvgIpc) is 2.81. The minimum Gasteiger partial charge on any atom is -0.335 e. The number of fused-ring (bicyclic) bond motifs is 1. The summed E-state index contributed by atoms with van der Waals surface area (Å²) in [5.41, 5.74) is 11.6. The number of benzene rings is 1. The van der Waals surface area contributed by atoms with Gasteiger partial charge in [0.25, 0.3) is 5.91 Å². The van der Waals surface area contributed by atoms with E-state index in [4.69, 9.17) is 11.5 Å².